The van der Waals surface area contributed by atoms with Crippen LogP contribution in [0.5, 0.6) is 0 Å². The normalized spacial score (nSPS) is 12.1. The highest BCUT2D eigenvalue weighted by Gasteiger charge is 2.25. The quantitative estimate of drug-likeness (QED) is 0.641. The molecule has 2 heterocycles. The van der Waals surface area contributed by atoms with E-state index in [2.05, 4.69) is 16.3 Å². The Bertz CT molecular complexity index is 915. The van der Waals surface area contributed by atoms with E-state index in [4.69, 9.17) is 9.26 Å². The summed E-state index contributed by atoms with van der Waals surface area (Å²) >= 11 is 0. The first-order valence-corrected chi connectivity index (χ1v) is 8.79. The lowest BCUT2D eigenvalue weighted by molar-refractivity contribution is 0.0532. The molecule has 3 rings (SSSR count). The number of benzene rings is 1. The van der Waals surface area contributed by atoms with Gasteiger partial charge in [-0.05, 0) is 19.4 Å². The first-order chi connectivity index (χ1) is 13.0. The first-order valence-electron chi connectivity index (χ1n) is 8.79. The highest BCUT2D eigenvalue weighted by molar-refractivity contribution is 5.93. The smallest absolute Gasteiger partial charge is 0.276 e. The zero-order chi connectivity index (χ0) is 19.4. The molecule has 1 aromatic carbocycles. The minimum absolute atomic E-state index is 0.110. The third-order valence-corrected chi connectivity index (χ3v) is 4.35. The molecule has 7 heteroatoms. The van der Waals surface area contributed by atoms with E-state index in [0.717, 1.165) is 16.7 Å². The van der Waals surface area contributed by atoms with Gasteiger partial charge in [-0.15, -0.1) is 0 Å². The van der Waals surface area contributed by atoms with Crippen LogP contribution in [-0.4, -0.2) is 45.5 Å². The molecule has 0 spiro atoms. The van der Waals surface area contributed by atoms with Crippen molar-refractivity contribution >= 4 is 5.91 Å². The van der Waals surface area contributed by atoms with E-state index in [0.29, 0.717) is 18.9 Å². The van der Waals surface area contributed by atoms with Crippen LogP contribution in [0.3, 0.4) is 0 Å². The average molecular weight is 368 g/mol. The maximum absolute atomic E-state index is 13.1. The number of nitrogens with zero attached hydrogens (tertiary/aromatic N) is 4. The minimum Gasteiger partial charge on any atom is -0.383 e. The Labute approximate surface area is 158 Å². The number of hydrogen-bond donors (Lipinski definition) is 0. The number of methoxy groups -OCH3 is 1. The molecule has 142 valence electrons. The number of rotatable bonds is 7. The second-order valence-corrected chi connectivity index (χ2v) is 6.71. The zero-order valence-electron chi connectivity index (χ0n) is 16.0. The van der Waals surface area contributed by atoms with Crippen molar-refractivity contribution in [2.45, 2.75) is 26.4 Å². The number of carbonyl (C=O) groups excluding carboxylic acids is 1. The molecular weight excluding hydrogens is 344 g/mol. The standard InChI is InChI=1S/C20H24N4O3/c1-14-6-5-7-16(8-14)11-24(15(2)13-26-4)20(25)18-9-19(27-22-18)17-10-21-23(3)12-17/h5-10,12,15H,11,13H2,1-4H3. The van der Waals surface area contributed by atoms with Crippen molar-refractivity contribution in [3.63, 3.8) is 0 Å². The van der Waals surface area contributed by atoms with Crippen LogP contribution < -0.4 is 0 Å². The summed E-state index contributed by atoms with van der Waals surface area (Å²) < 4.78 is 12.3. The summed E-state index contributed by atoms with van der Waals surface area (Å²) in [5, 5.41) is 8.10. The van der Waals surface area contributed by atoms with E-state index in [9.17, 15) is 4.79 Å². The molecule has 7 nitrogen and oxygen atoms in total. The second-order valence-electron chi connectivity index (χ2n) is 6.71. The topological polar surface area (TPSA) is 73.4 Å². The maximum atomic E-state index is 13.1. The number of aromatic nitrogens is 3. The van der Waals surface area contributed by atoms with Gasteiger partial charge in [0, 0.05) is 33.0 Å². The Balaban J connectivity index is 1.85. The molecule has 0 bridgehead atoms. The van der Waals surface area contributed by atoms with Gasteiger partial charge < -0.3 is 14.2 Å². The zero-order valence-corrected chi connectivity index (χ0v) is 16.0. The van der Waals surface area contributed by atoms with Gasteiger partial charge in [0.25, 0.3) is 5.91 Å². The Hall–Kier alpha value is -2.93. The van der Waals surface area contributed by atoms with Gasteiger partial charge in [-0.2, -0.15) is 5.10 Å². The molecule has 0 N–H and O–H groups in total. The van der Waals surface area contributed by atoms with Crippen LogP contribution in [0.15, 0.2) is 47.2 Å². The lowest BCUT2D eigenvalue weighted by atomic mass is 10.1. The third-order valence-electron chi connectivity index (χ3n) is 4.35. The van der Waals surface area contributed by atoms with Gasteiger partial charge in [0.2, 0.25) is 0 Å². The summed E-state index contributed by atoms with van der Waals surface area (Å²) in [4.78, 5) is 14.9. The molecule has 2 aromatic heterocycles. The van der Waals surface area contributed by atoms with Crippen molar-refractivity contribution in [3.05, 3.63) is 59.5 Å². The van der Waals surface area contributed by atoms with Crippen LogP contribution in [0.2, 0.25) is 0 Å². The summed E-state index contributed by atoms with van der Waals surface area (Å²) in [5.74, 6) is 0.321. The lowest BCUT2D eigenvalue weighted by Crippen LogP contribution is -2.40. The van der Waals surface area contributed by atoms with Crippen LogP contribution >= 0.6 is 0 Å². The van der Waals surface area contributed by atoms with Gasteiger partial charge in [-0.25, -0.2) is 0 Å². The van der Waals surface area contributed by atoms with Gasteiger partial charge in [0.15, 0.2) is 11.5 Å². The Morgan fingerprint density at radius 1 is 1.37 bits per heavy atom. The molecule has 0 aliphatic rings. The lowest BCUT2D eigenvalue weighted by Gasteiger charge is -2.28. The molecule has 1 amide bonds. The maximum Gasteiger partial charge on any atom is 0.276 e. The number of hydrogen-bond acceptors (Lipinski definition) is 5. The summed E-state index contributed by atoms with van der Waals surface area (Å²) in [7, 11) is 3.45. The second kappa shape index (κ2) is 8.18. The minimum atomic E-state index is -0.194. The Morgan fingerprint density at radius 2 is 2.19 bits per heavy atom. The molecule has 0 aliphatic carbocycles. The molecule has 0 aliphatic heterocycles. The van der Waals surface area contributed by atoms with Crippen LogP contribution in [0.1, 0.15) is 28.5 Å². The number of aryl methyl sites for hydroxylation is 2. The van der Waals surface area contributed by atoms with E-state index in [-0.39, 0.29) is 17.6 Å². The molecule has 1 atom stereocenters. The van der Waals surface area contributed by atoms with Crippen molar-refractivity contribution < 1.29 is 14.1 Å². The molecule has 3 aromatic rings. The summed E-state index contributed by atoms with van der Waals surface area (Å²) in [5.41, 5.74) is 3.26. The first kappa shape index (κ1) is 18.8. The van der Waals surface area contributed by atoms with Crippen molar-refractivity contribution in [3.8, 4) is 11.3 Å². The molecule has 0 radical (unpaired) electrons. The van der Waals surface area contributed by atoms with Crippen LogP contribution in [0.4, 0.5) is 0 Å². The monoisotopic (exact) mass is 368 g/mol. The van der Waals surface area contributed by atoms with Crippen molar-refractivity contribution in [2.75, 3.05) is 13.7 Å². The van der Waals surface area contributed by atoms with Crippen LogP contribution in [0, 0.1) is 6.92 Å². The molecular formula is C20H24N4O3. The van der Waals surface area contributed by atoms with Gasteiger partial charge in [0.1, 0.15) is 0 Å². The van der Waals surface area contributed by atoms with Gasteiger partial charge in [-0.3, -0.25) is 9.48 Å². The predicted octanol–water partition coefficient (Wildman–Crippen LogP) is 3.06. The SMILES string of the molecule is COCC(C)N(Cc1cccc(C)c1)C(=O)c1cc(-c2cnn(C)c2)on1. The molecule has 27 heavy (non-hydrogen) atoms. The fourth-order valence-electron chi connectivity index (χ4n) is 2.97. The van der Waals surface area contributed by atoms with Crippen LogP contribution in [0.25, 0.3) is 11.3 Å². The molecule has 0 saturated carbocycles. The van der Waals surface area contributed by atoms with Gasteiger partial charge in [0.05, 0.1) is 24.4 Å². The summed E-state index contributed by atoms with van der Waals surface area (Å²) in [6.45, 7) is 4.90. The fraction of sp³-hybridized carbons (Fsp3) is 0.350. The van der Waals surface area contributed by atoms with Gasteiger partial charge in [-0.1, -0.05) is 35.0 Å². The summed E-state index contributed by atoms with van der Waals surface area (Å²) in [6.07, 6.45) is 3.49. The van der Waals surface area contributed by atoms with E-state index in [1.54, 1.807) is 29.0 Å². The van der Waals surface area contributed by atoms with Gasteiger partial charge >= 0.3 is 0 Å². The van der Waals surface area contributed by atoms with E-state index in [1.165, 1.54) is 0 Å². The largest absolute Gasteiger partial charge is 0.383 e. The van der Waals surface area contributed by atoms with E-state index < -0.39 is 0 Å². The predicted molar refractivity (Wildman–Crippen MR) is 101 cm³/mol. The van der Waals surface area contributed by atoms with Crippen molar-refractivity contribution in [1.82, 2.24) is 19.8 Å². The highest BCUT2D eigenvalue weighted by Crippen LogP contribution is 2.21. The highest BCUT2D eigenvalue weighted by atomic mass is 16.5. The Kier molecular flexibility index (Phi) is 5.71. The molecule has 0 saturated heterocycles. The van der Waals surface area contributed by atoms with E-state index in [1.807, 2.05) is 45.3 Å². The molecule has 0 fully saturated rings. The number of amides is 1. The molecule has 1 unspecified atom stereocenters. The third kappa shape index (κ3) is 4.43. The van der Waals surface area contributed by atoms with Crippen molar-refractivity contribution in [1.29, 1.82) is 0 Å². The average Bonchev–Trinajstić information content (AvgIpc) is 3.28. The number of ether oxygens (including phenoxy) is 1. The Morgan fingerprint density at radius 3 is 2.85 bits per heavy atom. The number of carbonyl (C=O) groups is 1. The van der Waals surface area contributed by atoms with E-state index >= 15 is 0 Å². The van der Waals surface area contributed by atoms with Crippen molar-refractivity contribution in [2.24, 2.45) is 7.05 Å². The summed E-state index contributed by atoms with van der Waals surface area (Å²) in [6, 6.07) is 9.65. The fourth-order valence-corrected chi connectivity index (χ4v) is 2.97. The van der Waals surface area contributed by atoms with Crippen LogP contribution in [-0.2, 0) is 18.3 Å².